The molecule has 0 spiro atoms. The molecule has 1 aliphatic carbocycles. The van der Waals surface area contributed by atoms with Gasteiger partial charge in [-0.1, -0.05) is 73.8 Å². The van der Waals surface area contributed by atoms with Crippen LogP contribution in [-0.2, 0) is 10.8 Å². The van der Waals surface area contributed by atoms with Crippen molar-refractivity contribution in [2.24, 2.45) is 5.92 Å². The molecule has 108 valence electrons. The second kappa shape index (κ2) is 9.49. The van der Waals surface area contributed by atoms with Crippen LogP contribution in [0.4, 0.5) is 0 Å². The highest BCUT2D eigenvalue weighted by Gasteiger charge is 2.07. The summed E-state index contributed by atoms with van der Waals surface area (Å²) in [6.07, 6.45) is 22.7. The van der Waals surface area contributed by atoms with Crippen LogP contribution in [0.25, 0.3) is 0 Å². The SMILES string of the molecule is C=CC1=CC=CC(/C(=C/CC)C/C=C\CS(C)=O)C=C1. The van der Waals surface area contributed by atoms with Gasteiger partial charge < -0.3 is 0 Å². The Balaban J connectivity index is 2.73. The van der Waals surface area contributed by atoms with Crippen molar-refractivity contribution < 1.29 is 4.21 Å². The van der Waals surface area contributed by atoms with Crippen molar-refractivity contribution >= 4 is 10.8 Å². The van der Waals surface area contributed by atoms with E-state index in [1.54, 1.807) is 6.26 Å². The van der Waals surface area contributed by atoms with Gasteiger partial charge in [0.25, 0.3) is 0 Å². The van der Waals surface area contributed by atoms with Crippen LogP contribution in [0.5, 0.6) is 0 Å². The molecule has 0 radical (unpaired) electrons. The highest BCUT2D eigenvalue weighted by molar-refractivity contribution is 7.84. The lowest BCUT2D eigenvalue weighted by Crippen LogP contribution is -1.97. The van der Waals surface area contributed by atoms with Crippen LogP contribution in [0.3, 0.4) is 0 Å². The summed E-state index contributed by atoms with van der Waals surface area (Å²) in [4.78, 5) is 0. The summed E-state index contributed by atoms with van der Waals surface area (Å²) in [5.74, 6) is 0.971. The third-order valence-electron chi connectivity index (χ3n) is 3.08. The van der Waals surface area contributed by atoms with E-state index in [1.807, 2.05) is 12.2 Å². The van der Waals surface area contributed by atoms with Gasteiger partial charge in [0.1, 0.15) is 0 Å². The first kappa shape index (κ1) is 16.6. The predicted molar refractivity (Wildman–Crippen MR) is 91.1 cm³/mol. The molecule has 2 unspecified atom stereocenters. The van der Waals surface area contributed by atoms with Crippen LogP contribution in [0.1, 0.15) is 19.8 Å². The predicted octanol–water partition coefficient (Wildman–Crippen LogP) is 4.50. The minimum Gasteiger partial charge on any atom is -0.260 e. The van der Waals surface area contributed by atoms with E-state index in [0.717, 1.165) is 18.4 Å². The van der Waals surface area contributed by atoms with Crippen molar-refractivity contribution in [1.29, 1.82) is 0 Å². The Morgan fingerprint density at radius 2 is 2.20 bits per heavy atom. The van der Waals surface area contributed by atoms with Crippen LogP contribution in [0.2, 0.25) is 0 Å². The number of hydrogen-bond donors (Lipinski definition) is 0. The Bertz CT molecular complexity index is 490. The summed E-state index contributed by atoms with van der Waals surface area (Å²) < 4.78 is 11.0. The van der Waals surface area contributed by atoms with Gasteiger partial charge in [0.15, 0.2) is 0 Å². The molecule has 0 amide bonds. The zero-order chi connectivity index (χ0) is 14.8. The van der Waals surface area contributed by atoms with Crippen molar-refractivity contribution in [3.05, 3.63) is 72.4 Å². The van der Waals surface area contributed by atoms with Crippen LogP contribution in [0, 0.1) is 5.92 Å². The molecule has 1 aliphatic rings. The van der Waals surface area contributed by atoms with Crippen molar-refractivity contribution in [3.8, 4) is 0 Å². The van der Waals surface area contributed by atoms with E-state index in [4.69, 9.17) is 0 Å². The quantitative estimate of drug-likeness (QED) is 0.630. The molecule has 2 atom stereocenters. The van der Waals surface area contributed by atoms with Gasteiger partial charge in [-0.2, -0.15) is 0 Å². The molecule has 0 aromatic heterocycles. The Labute approximate surface area is 125 Å². The minimum atomic E-state index is -0.751. The average Bonchev–Trinajstić information content (AvgIpc) is 2.67. The van der Waals surface area contributed by atoms with Gasteiger partial charge in [-0.25, -0.2) is 0 Å². The molecule has 2 heteroatoms. The lowest BCUT2D eigenvalue weighted by atomic mass is 9.94. The summed E-state index contributed by atoms with van der Waals surface area (Å²) in [5, 5.41) is 0. The maximum atomic E-state index is 11.0. The van der Waals surface area contributed by atoms with Gasteiger partial charge in [-0.05, 0) is 18.4 Å². The fourth-order valence-corrected chi connectivity index (χ4v) is 2.45. The van der Waals surface area contributed by atoms with E-state index < -0.39 is 10.8 Å². The first-order valence-corrected chi connectivity index (χ1v) is 8.73. The van der Waals surface area contributed by atoms with Gasteiger partial charge in [0, 0.05) is 28.7 Å². The fraction of sp³-hybridized carbons (Fsp3) is 0.333. The maximum absolute atomic E-state index is 11.0. The zero-order valence-electron chi connectivity index (χ0n) is 12.4. The summed E-state index contributed by atoms with van der Waals surface area (Å²) in [6.45, 7) is 5.96. The Morgan fingerprint density at radius 1 is 1.40 bits per heavy atom. The number of hydrogen-bond acceptors (Lipinski definition) is 1. The Morgan fingerprint density at radius 3 is 2.85 bits per heavy atom. The first-order valence-electron chi connectivity index (χ1n) is 7.00. The Hall–Kier alpha value is -1.41. The molecule has 1 nitrogen and oxygen atoms in total. The van der Waals surface area contributed by atoms with E-state index in [0.29, 0.717) is 11.7 Å². The summed E-state index contributed by atoms with van der Waals surface area (Å²) in [5.41, 5.74) is 2.52. The van der Waals surface area contributed by atoms with Crippen LogP contribution >= 0.6 is 0 Å². The van der Waals surface area contributed by atoms with Gasteiger partial charge in [-0.3, -0.25) is 4.21 Å². The van der Waals surface area contributed by atoms with Gasteiger partial charge in [0.2, 0.25) is 0 Å². The molecule has 0 heterocycles. The molecule has 0 aromatic rings. The monoisotopic (exact) mass is 288 g/mol. The third-order valence-corrected chi connectivity index (χ3v) is 3.75. The van der Waals surface area contributed by atoms with Gasteiger partial charge >= 0.3 is 0 Å². The largest absolute Gasteiger partial charge is 0.260 e. The fourth-order valence-electron chi connectivity index (χ4n) is 2.04. The topological polar surface area (TPSA) is 17.1 Å². The van der Waals surface area contributed by atoms with E-state index in [-0.39, 0.29) is 0 Å². The highest BCUT2D eigenvalue weighted by Crippen LogP contribution is 2.22. The van der Waals surface area contributed by atoms with Crippen LogP contribution in [-0.4, -0.2) is 16.2 Å². The zero-order valence-corrected chi connectivity index (χ0v) is 13.2. The highest BCUT2D eigenvalue weighted by atomic mass is 32.2. The lowest BCUT2D eigenvalue weighted by Gasteiger charge is -2.11. The number of allylic oxidation sites excluding steroid dienone is 10. The molecule has 0 bridgehead atoms. The summed E-state index contributed by atoms with van der Waals surface area (Å²) in [6, 6.07) is 0. The van der Waals surface area contributed by atoms with Crippen LogP contribution in [0.15, 0.2) is 72.4 Å². The smallest absolute Gasteiger partial charge is 0.0412 e. The molecule has 0 saturated heterocycles. The average molecular weight is 288 g/mol. The molecule has 0 fully saturated rings. The van der Waals surface area contributed by atoms with Crippen molar-refractivity contribution in [1.82, 2.24) is 0 Å². The molecular formula is C18H24OS. The Kier molecular flexibility index (Phi) is 7.89. The number of rotatable bonds is 7. The van der Waals surface area contributed by atoms with E-state index in [1.165, 1.54) is 5.57 Å². The third kappa shape index (κ3) is 6.16. The summed E-state index contributed by atoms with van der Waals surface area (Å²) in [7, 11) is -0.751. The second-order valence-corrected chi connectivity index (χ2v) is 6.22. The molecule has 1 rings (SSSR count). The molecule has 20 heavy (non-hydrogen) atoms. The molecule has 0 aromatic carbocycles. The van der Waals surface area contributed by atoms with Crippen molar-refractivity contribution in [2.45, 2.75) is 19.8 Å². The molecule has 0 N–H and O–H groups in total. The molecule has 0 saturated carbocycles. The second-order valence-electron chi connectivity index (χ2n) is 4.74. The maximum Gasteiger partial charge on any atom is 0.0412 e. The lowest BCUT2D eigenvalue weighted by molar-refractivity contribution is 0.688. The van der Waals surface area contributed by atoms with Crippen LogP contribution < -0.4 is 0 Å². The van der Waals surface area contributed by atoms with Crippen molar-refractivity contribution in [3.63, 3.8) is 0 Å². The normalized spacial score (nSPS) is 20.8. The molecular weight excluding hydrogens is 264 g/mol. The first-order chi connectivity index (χ1) is 9.67. The van der Waals surface area contributed by atoms with E-state index in [2.05, 4.69) is 56.0 Å². The van der Waals surface area contributed by atoms with Crippen molar-refractivity contribution in [2.75, 3.05) is 12.0 Å². The van der Waals surface area contributed by atoms with Gasteiger partial charge in [-0.15, -0.1) is 0 Å². The van der Waals surface area contributed by atoms with E-state index >= 15 is 0 Å². The van der Waals surface area contributed by atoms with Gasteiger partial charge in [0.05, 0.1) is 0 Å². The van der Waals surface area contributed by atoms with E-state index in [9.17, 15) is 4.21 Å². The molecule has 0 aliphatic heterocycles. The summed E-state index contributed by atoms with van der Waals surface area (Å²) >= 11 is 0. The minimum absolute atomic E-state index is 0.334. The standard InChI is InChI=1S/C18H24OS/c1-4-9-17(11-6-7-15-20(3)19)18-12-8-10-16(5-2)13-14-18/h5-10,12-14,18H,2,4,11,15H2,1,3H3/b7-6-,17-9+.